The summed E-state index contributed by atoms with van der Waals surface area (Å²) in [5.41, 5.74) is 0.463. The average molecular weight is 550 g/mol. The zero-order chi connectivity index (χ0) is 22.7. The van der Waals surface area contributed by atoms with Crippen LogP contribution in [0.4, 0.5) is 10.5 Å². The van der Waals surface area contributed by atoms with E-state index in [1.165, 1.54) is 17.8 Å². The number of amides is 3. The van der Waals surface area contributed by atoms with Crippen molar-refractivity contribution in [1.29, 1.82) is 0 Å². The number of hydrogen-bond acceptors (Lipinski definition) is 6. The van der Waals surface area contributed by atoms with Gasteiger partial charge in [-0.1, -0.05) is 41.6 Å². The lowest BCUT2D eigenvalue weighted by atomic mass is 10.3. The minimum atomic E-state index is -0.544. The van der Waals surface area contributed by atoms with Crippen LogP contribution in [0.15, 0.2) is 84.4 Å². The summed E-state index contributed by atoms with van der Waals surface area (Å²) in [6, 6.07) is 18.2. The fourth-order valence-electron chi connectivity index (χ4n) is 2.75. The topological polar surface area (TPSA) is 79.6 Å². The van der Waals surface area contributed by atoms with Crippen LogP contribution < -0.4 is 5.32 Å². The maximum atomic E-state index is 12.7. The first-order valence-electron chi connectivity index (χ1n) is 9.22. The van der Waals surface area contributed by atoms with Gasteiger partial charge < -0.3 is 9.73 Å². The second kappa shape index (κ2) is 9.99. The van der Waals surface area contributed by atoms with Crippen LogP contribution >= 0.6 is 51.1 Å². The lowest BCUT2D eigenvalue weighted by Gasteiger charge is -2.12. The highest BCUT2D eigenvalue weighted by Gasteiger charge is 2.36. The molecule has 2 aromatic carbocycles. The maximum Gasteiger partial charge on any atom is 0.294 e. The molecule has 32 heavy (non-hydrogen) atoms. The predicted molar refractivity (Wildman–Crippen MR) is 130 cm³/mol. The van der Waals surface area contributed by atoms with Crippen molar-refractivity contribution < 1.29 is 18.8 Å². The minimum Gasteiger partial charge on any atom is -0.450 e. The number of furan rings is 1. The van der Waals surface area contributed by atoms with Gasteiger partial charge in [-0.15, -0.1) is 0 Å². The molecule has 0 radical (unpaired) electrons. The van der Waals surface area contributed by atoms with E-state index in [0.29, 0.717) is 26.0 Å². The Labute approximate surface area is 205 Å². The van der Waals surface area contributed by atoms with Crippen molar-refractivity contribution >= 4 is 79.9 Å². The summed E-state index contributed by atoms with van der Waals surface area (Å²) in [6.07, 6.45) is 1.51. The molecule has 10 heteroatoms. The van der Waals surface area contributed by atoms with Crippen LogP contribution in [-0.4, -0.2) is 28.5 Å². The molecule has 1 aliphatic rings. The second-order valence-electron chi connectivity index (χ2n) is 6.52. The molecule has 0 atom stereocenters. The Bertz CT molecular complexity index is 1230. The smallest absolute Gasteiger partial charge is 0.294 e. The van der Waals surface area contributed by atoms with E-state index in [1.54, 1.807) is 30.3 Å². The Morgan fingerprint density at radius 3 is 2.69 bits per heavy atom. The minimum absolute atomic E-state index is 0.195. The number of benzene rings is 2. The number of rotatable bonds is 6. The van der Waals surface area contributed by atoms with Crippen LogP contribution in [-0.2, 0) is 9.59 Å². The molecule has 2 heterocycles. The predicted octanol–water partition coefficient (Wildman–Crippen LogP) is 6.52. The van der Waals surface area contributed by atoms with Gasteiger partial charge in [-0.25, -0.2) is 0 Å². The molecule has 0 unspecified atom stereocenters. The number of anilines is 1. The monoisotopic (exact) mass is 548 g/mol. The molecule has 0 spiro atoms. The van der Waals surface area contributed by atoms with Crippen molar-refractivity contribution in [3.8, 4) is 0 Å². The van der Waals surface area contributed by atoms with Crippen LogP contribution in [0, 0.1) is 0 Å². The van der Waals surface area contributed by atoms with Gasteiger partial charge in [0.1, 0.15) is 12.3 Å². The quantitative estimate of drug-likeness (QED) is 0.353. The Hall–Kier alpha value is -2.46. The largest absolute Gasteiger partial charge is 0.450 e. The third-order valence-electron chi connectivity index (χ3n) is 4.22. The molecule has 1 aliphatic heterocycles. The highest BCUT2D eigenvalue weighted by Crippen LogP contribution is 2.34. The number of carbonyl (C=O) groups excluding carboxylic acids is 3. The molecule has 1 N–H and O–H groups in total. The lowest BCUT2D eigenvalue weighted by molar-refractivity contribution is -0.127. The fraction of sp³-hybridized carbons (Fsp3) is 0.0455. The Balaban J connectivity index is 1.40. The lowest BCUT2D eigenvalue weighted by Crippen LogP contribution is -2.36. The summed E-state index contributed by atoms with van der Waals surface area (Å²) in [7, 11) is 0. The van der Waals surface area contributed by atoms with E-state index in [9.17, 15) is 14.4 Å². The van der Waals surface area contributed by atoms with E-state index in [0.717, 1.165) is 21.6 Å². The molecule has 3 amide bonds. The van der Waals surface area contributed by atoms with Crippen molar-refractivity contribution in [3.05, 3.63) is 80.8 Å². The number of hydrogen-bond donors (Lipinski definition) is 1. The van der Waals surface area contributed by atoms with Crippen LogP contribution in [0.25, 0.3) is 6.08 Å². The number of imide groups is 1. The number of nitrogens with zero attached hydrogens (tertiary/aromatic N) is 1. The first-order valence-corrected chi connectivity index (χ1v) is 12.0. The molecule has 1 aromatic heterocycles. The van der Waals surface area contributed by atoms with Crippen molar-refractivity contribution in [1.82, 2.24) is 4.90 Å². The third-order valence-corrected chi connectivity index (χ3v) is 7.28. The Morgan fingerprint density at radius 1 is 1.16 bits per heavy atom. The molecular formula is C22H14BrClN2O4S2. The van der Waals surface area contributed by atoms with Crippen molar-refractivity contribution in [2.75, 3.05) is 11.9 Å². The van der Waals surface area contributed by atoms with Crippen molar-refractivity contribution in [3.63, 3.8) is 0 Å². The highest BCUT2D eigenvalue weighted by atomic mass is 79.9. The van der Waals surface area contributed by atoms with Gasteiger partial charge in [0.2, 0.25) is 5.91 Å². The van der Waals surface area contributed by atoms with E-state index in [2.05, 4.69) is 21.2 Å². The second-order valence-corrected chi connectivity index (χ2v) is 9.85. The normalized spacial score (nSPS) is 14.9. The van der Waals surface area contributed by atoms with Gasteiger partial charge in [-0.2, -0.15) is 0 Å². The summed E-state index contributed by atoms with van der Waals surface area (Å²) >= 11 is 11.5. The van der Waals surface area contributed by atoms with Crippen molar-refractivity contribution in [2.45, 2.75) is 9.99 Å². The standard InChI is InChI=1S/C22H14BrClN2O4S2/c23-16-8-6-13(10-17(16)24)25-19(27)12-26-21(28)18(32-22(26)29)11-14-7-9-20(30-14)31-15-4-2-1-3-5-15/h1-11H,12H2,(H,25,27)/b18-11-. The van der Waals surface area contributed by atoms with Crippen LogP contribution in [0.2, 0.25) is 5.02 Å². The molecule has 4 rings (SSSR count). The number of halogens is 2. The summed E-state index contributed by atoms with van der Waals surface area (Å²) in [5.74, 6) is -0.605. The molecule has 6 nitrogen and oxygen atoms in total. The van der Waals surface area contributed by atoms with E-state index in [4.69, 9.17) is 16.0 Å². The highest BCUT2D eigenvalue weighted by molar-refractivity contribution is 9.10. The SMILES string of the molecule is O=C(CN1C(=O)S/C(=C\c2ccc(Sc3ccccc3)o2)C1=O)Nc1ccc(Br)c(Cl)c1. The average Bonchev–Trinajstić information content (AvgIpc) is 3.31. The van der Waals surface area contributed by atoms with Gasteiger partial charge in [-0.05, 0) is 70.2 Å². The van der Waals surface area contributed by atoms with Crippen LogP contribution in [0.3, 0.4) is 0 Å². The molecule has 162 valence electrons. The van der Waals surface area contributed by atoms with Crippen LogP contribution in [0.1, 0.15) is 5.76 Å². The zero-order valence-corrected chi connectivity index (χ0v) is 20.2. The molecular weight excluding hydrogens is 536 g/mol. The van der Waals surface area contributed by atoms with Gasteiger partial charge in [-0.3, -0.25) is 19.3 Å². The zero-order valence-electron chi connectivity index (χ0n) is 16.2. The molecule has 0 saturated carbocycles. The third kappa shape index (κ3) is 5.47. The molecule has 3 aromatic rings. The van der Waals surface area contributed by atoms with E-state index in [1.807, 2.05) is 30.3 Å². The Kier molecular flexibility index (Phi) is 7.10. The van der Waals surface area contributed by atoms with E-state index < -0.39 is 23.6 Å². The van der Waals surface area contributed by atoms with Gasteiger partial charge in [0, 0.05) is 21.1 Å². The van der Waals surface area contributed by atoms with Crippen LogP contribution in [0.5, 0.6) is 0 Å². The first kappa shape index (κ1) is 22.7. The fourth-order valence-corrected chi connectivity index (χ4v) is 4.80. The van der Waals surface area contributed by atoms with Gasteiger partial charge in [0.15, 0.2) is 5.09 Å². The number of nitrogens with one attached hydrogen (secondary N) is 1. The van der Waals surface area contributed by atoms with Crippen molar-refractivity contribution in [2.24, 2.45) is 0 Å². The molecule has 0 bridgehead atoms. The van der Waals surface area contributed by atoms with Gasteiger partial charge >= 0.3 is 0 Å². The first-order chi connectivity index (χ1) is 15.4. The summed E-state index contributed by atoms with van der Waals surface area (Å²) in [6.45, 7) is -0.400. The van der Waals surface area contributed by atoms with Gasteiger partial charge in [0.25, 0.3) is 11.1 Å². The maximum absolute atomic E-state index is 12.7. The van der Waals surface area contributed by atoms with E-state index in [-0.39, 0.29) is 4.91 Å². The molecule has 1 fully saturated rings. The Morgan fingerprint density at radius 2 is 1.94 bits per heavy atom. The number of thioether (sulfide) groups is 1. The molecule has 1 saturated heterocycles. The number of carbonyl (C=O) groups is 3. The molecule has 0 aliphatic carbocycles. The summed E-state index contributed by atoms with van der Waals surface area (Å²) in [5, 5.41) is 3.20. The summed E-state index contributed by atoms with van der Waals surface area (Å²) < 4.78 is 6.44. The van der Waals surface area contributed by atoms with E-state index >= 15 is 0 Å². The summed E-state index contributed by atoms with van der Waals surface area (Å²) in [4.78, 5) is 39.4. The van der Waals surface area contributed by atoms with Gasteiger partial charge in [0.05, 0.1) is 9.93 Å².